The molecular weight excluding hydrogens is 206 g/mol. The van der Waals surface area contributed by atoms with Crippen LogP contribution in [0.4, 0.5) is 0 Å². The molecule has 16 heavy (non-hydrogen) atoms. The van der Waals surface area contributed by atoms with Crippen molar-refractivity contribution in [1.29, 1.82) is 0 Å². The lowest BCUT2D eigenvalue weighted by atomic mass is 10.1. The Morgan fingerprint density at radius 2 is 1.88 bits per heavy atom. The Bertz CT molecular complexity index is 384. The van der Waals surface area contributed by atoms with Crippen molar-refractivity contribution in [3.8, 4) is 0 Å². The van der Waals surface area contributed by atoms with Gasteiger partial charge in [0.05, 0.1) is 5.56 Å². The smallest absolute Gasteiger partial charge is 0.335 e. The maximum absolute atomic E-state index is 10.8. The fourth-order valence-corrected chi connectivity index (χ4v) is 1.53. The first-order valence-electron chi connectivity index (χ1n) is 5.08. The number of carboxylic acid groups (broad SMARTS) is 1. The van der Waals surface area contributed by atoms with Gasteiger partial charge in [-0.3, -0.25) is 4.79 Å². The van der Waals surface area contributed by atoms with E-state index in [1.54, 1.807) is 24.3 Å². The van der Waals surface area contributed by atoms with Crippen molar-refractivity contribution in [2.75, 3.05) is 0 Å². The number of carbonyl (C=O) groups is 2. The molecule has 2 N–H and O–H groups in total. The minimum atomic E-state index is -0.929. The van der Waals surface area contributed by atoms with Gasteiger partial charge in [-0.15, -0.1) is 0 Å². The zero-order chi connectivity index (χ0) is 12.1. The summed E-state index contributed by atoms with van der Waals surface area (Å²) in [5.41, 5.74) is 1.28. The van der Waals surface area contributed by atoms with E-state index in [4.69, 9.17) is 5.11 Å². The van der Waals surface area contributed by atoms with Crippen molar-refractivity contribution >= 4 is 11.9 Å². The molecular formula is C12H15NO3. The summed E-state index contributed by atoms with van der Waals surface area (Å²) >= 11 is 0. The molecule has 0 heterocycles. The normalized spacial score (nSPS) is 11.9. The van der Waals surface area contributed by atoms with Crippen LogP contribution in [-0.2, 0) is 11.2 Å². The van der Waals surface area contributed by atoms with Crippen molar-refractivity contribution in [1.82, 2.24) is 5.32 Å². The van der Waals surface area contributed by atoms with Gasteiger partial charge in [-0.05, 0) is 31.0 Å². The van der Waals surface area contributed by atoms with Crippen molar-refractivity contribution < 1.29 is 14.7 Å². The molecule has 4 heteroatoms. The van der Waals surface area contributed by atoms with E-state index >= 15 is 0 Å². The zero-order valence-corrected chi connectivity index (χ0v) is 9.36. The molecule has 1 amide bonds. The minimum Gasteiger partial charge on any atom is -0.478 e. The Balaban J connectivity index is 2.61. The van der Waals surface area contributed by atoms with Crippen LogP contribution in [0, 0.1) is 0 Å². The number of carbonyl (C=O) groups excluding carboxylic acids is 1. The first kappa shape index (κ1) is 12.2. The van der Waals surface area contributed by atoms with Crippen LogP contribution in [0.5, 0.6) is 0 Å². The molecule has 0 bridgehead atoms. The third-order valence-corrected chi connectivity index (χ3v) is 2.19. The molecule has 1 rings (SSSR count). The highest BCUT2D eigenvalue weighted by Gasteiger charge is 2.06. The molecule has 1 aromatic rings. The standard InChI is InChI=1S/C12H15NO3/c1-8(13-9(2)14)7-10-3-5-11(6-4-10)12(15)16/h3-6,8H,7H2,1-2H3,(H,13,14)(H,15,16). The van der Waals surface area contributed by atoms with E-state index < -0.39 is 5.97 Å². The van der Waals surface area contributed by atoms with Crippen LogP contribution in [0.2, 0.25) is 0 Å². The third kappa shape index (κ3) is 3.73. The molecule has 0 aliphatic carbocycles. The monoisotopic (exact) mass is 221 g/mol. The summed E-state index contributed by atoms with van der Waals surface area (Å²) in [4.78, 5) is 21.4. The fraction of sp³-hybridized carbons (Fsp3) is 0.333. The second kappa shape index (κ2) is 5.30. The second-order valence-corrected chi connectivity index (χ2v) is 3.81. The molecule has 1 atom stereocenters. The van der Waals surface area contributed by atoms with Crippen LogP contribution in [0.1, 0.15) is 29.8 Å². The number of nitrogens with one attached hydrogen (secondary N) is 1. The van der Waals surface area contributed by atoms with Crippen LogP contribution in [-0.4, -0.2) is 23.0 Å². The molecule has 0 aromatic heterocycles. The molecule has 0 saturated heterocycles. The largest absolute Gasteiger partial charge is 0.478 e. The molecule has 0 radical (unpaired) electrons. The average Bonchev–Trinajstić information content (AvgIpc) is 2.16. The van der Waals surface area contributed by atoms with Gasteiger partial charge in [0, 0.05) is 13.0 Å². The van der Waals surface area contributed by atoms with Gasteiger partial charge in [-0.25, -0.2) is 4.79 Å². The van der Waals surface area contributed by atoms with Crippen molar-refractivity contribution in [3.63, 3.8) is 0 Å². The van der Waals surface area contributed by atoms with Crippen molar-refractivity contribution in [2.45, 2.75) is 26.3 Å². The van der Waals surface area contributed by atoms with E-state index in [-0.39, 0.29) is 17.5 Å². The quantitative estimate of drug-likeness (QED) is 0.808. The lowest BCUT2D eigenvalue weighted by molar-refractivity contribution is -0.119. The molecule has 1 aromatic carbocycles. The lowest BCUT2D eigenvalue weighted by Gasteiger charge is -2.12. The number of hydrogen-bond acceptors (Lipinski definition) is 2. The summed E-state index contributed by atoms with van der Waals surface area (Å²) < 4.78 is 0. The van der Waals surface area contributed by atoms with E-state index in [1.165, 1.54) is 6.92 Å². The summed E-state index contributed by atoms with van der Waals surface area (Å²) in [6, 6.07) is 6.72. The molecule has 0 spiro atoms. The predicted octanol–water partition coefficient (Wildman–Crippen LogP) is 1.45. The van der Waals surface area contributed by atoms with E-state index in [2.05, 4.69) is 5.32 Å². The van der Waals surface area contributed by atoms with Gasteiger partial charge < -0.3 is 10.4 Å². The number of rotatable bonds is 4. The Hall–Kier alpha value is -1.84. The van der Waals surface area contributed by atoms with Gasteiger partial charge in [0.2, 0.25) is 5.91 Å². The van der Waals surface area contributed by atoms with Gasteiger partial charge >= 0.3 is 5.97 Å². The highest BCUT2D eigenvalue weighted by molar-refractivity contribution is 5.87. The van der Waals surface area contributed by atoms with Gasteiger partial charge in [0.25, 0.3) is 0 Å². The Morgan fingerprint density at radius 3 is 2.31 bits per heavy atom. The maximum Gasteiger partial charge on any atom is 0.335 e. The first-order chi connectivity index (χ1) is 7.49. The molecule has 1 unspecified atom stereocenters. The van der Waals surface area contributed by atoms with Gasteiger partial charge in [-0.1, -0.05) is 12.1 Å². The van der Waals surface area contributed by atoms with Crippen LogP contribution < -0.4 is 5.32 Å². The number of carboxylic acids is 1. The van der Waals surface area contributed by atoms with Crippen molar-refractivity contribution in [2.24, 2.45) is 0 Å². The Labute approximate surface area is 94.3 Å². The molecule has 0 aliphatic rings. The van der Waals surface area contributed by atoms with E-state index in [1.807, 2.05) is 6.92 Å². The van der Waals surface area contributed by atoms with Crippen LogP contribution >= 0.6 is 0 Å². The summed E-state index contributed by atoms with van der Waals surface area (Å²) in [5, 5.41) is 11.5. The molecule has 0 fully saturated rings. The molecule has 0 aliphatic heterocycles. The predicted molar refractivity (Wildman–Crippen MR) is 60.4 cm³/mol. The molecule has 4 nitrogen and oxygen atoms in total. The fourth-order valence-electron chi connectivity index (χ4n) is 1.53. The summed E-state index contributed by atoms with van der Waals surface area (Å²) in [7, 11) is 0. The number of amides is 1. The Kier molecular flexibility index (Phi) is 4.05. The highest BCUT2D eigenvalue weighted by atomic mass is 16.4. The summed E-state index contributed by atoms with van der Waals surface area (Å²) in [5.74, 6) is -0.990. The van der Waals surface area contributed by atoms with Gasteiger partial charge in [-0.2, -0.15) is 0 Å². The maximum atomic E-state index is 10.8. The molecule has 0 saturated carbocycles. The van der Waals surface area contributed by atoms with Crippen LogP contribution in [0.15, 0.2) is 24.3 Å². The van der Waals surface area contributed by atoms with E-state index in [9.17, 15) is 9.59 Å². The lowest BCUT2D eigenvalue weighted by Crippen LogP contribution is -2.31. The summed E-state index contributed by atoms with van der Waals surface area (Å²) in [6.07, 6.45) is 0.694. The zero-order valence-electron chi connectivity index (χ0n) is 9.36. The SMILES string of the molecule is CC(=O)NC(C)Cc1ccc(C(=O)O)cc1. The first-order valence-corrected chi connectivity index (χ1v) is 5.08. The summed E-state index contributed by atoms with van der Waals surface area (Å²) in [6.45, 7) is 3.39. The van der Waals surface area contributed by atoms with E-state index in [0.29, 0.717) is 6.42 Å². The van der Waals surface area contributed by atoms with Gasteiger partial charge in [0.15, 0.2) is 0 Å². The van der Waals surface area contributed by atoms with E-state index in [0.717, 1.165) is 5.56 Å². The number of benzene rings is 1. The average molecular weight is 221 g/mol. The minimum absolute atomic E-state index is 0.0492. The number of aromatic carboxylic acids is 1. The van der Waals surface area contributed by atoms with Crippen LogP contribution in [0.25, 0.3) is 0 Å². The topological polar surface area (TPSA) is 66.4 Å². The second-order valence-electron chi connectivity index (χ2n) is 3.81. The van der Waals surface area contributed by atoms with Crippen LogP contribution in [0.3, 0.4) is 0 Å². The third-order valence-electron chi connectivity index (χ3n) is 2.19. The van der Waals surface area contributed by atoms with Crippen molar-refractivity contribution in [3.05, 3.63) is 35.4 Å². The number of hydrogen-bond donors (Lipinski definition) is 2. The van der Waals surface area contributed by atoms with Gasteiger partial charge in [0.1, 0.15) is 0 Å². The Morgan fingerprint density at radius 1 is 1.31 bits per heavy atom. The highest BCUT2D eigenvalue weighted by Crippen LogP contribution is 2.07. The molecule has 86 valence electrons.